The van der Waals surface area contributed by atoms with Gasteiger partial charge < -0.3 is 20.3 Å². The molecule has 1 fully saturated rings. The van der Waals surface area contributed by atoms with Crippen molar-refractivity contribution in [1.82, 2.24) is 16.2 Å². The molecule has 0 radical (unpaired) electrons. The zero-order chi connectivity index (χ0) is 21.8. The fraction of sp³-hybridized carbons (Fsp3) is 0.500. The summed E-state index contributed by atoms with van der Waals surface area (Å²) < 4.78 is 5.07. The zero-order valence-electron chi connectivity index (χ0n) is 17.5. The molecule has 0 aliphatic carbocycles. The molecule has 1 saturated heterocycles. The van der Waals surface area contributed by atoms with Gasteiger partial charge >= 0.3 is 12.0 Å². The number of rotatable bonds is 11. The molecule has 11 heteroatoms. The lowest BCUT2D eigenvalue weighted by atomic mass is 10.2. The van der Waals surface area contributed by atoms with Crippen molar-refractivity contribution >= 4 is 42.2 Å². The molecule has 4 N–H and O–H groups in total. The van der Waals surface area contributed by atoms with E-state index >= 15 is 0 Å². The maximum absolute atomic E-state index is 12.6. The lowest BCUT2D eigenvalue weighted by Crippen LogP contribution is -2.46. The molecule has 3 amide bonds. The summed E-state index contributed by atoms with van der Waals surface area (Å²) in [5.74, 6) is -0.545. The highest BCUT2D eigenvalue weighted by atomic mass is 35.5. The summed E-state index contributed by atoms with van der Waals surface area (Å²) in [6.45, 7) is 3.11. The van der Waals surface area contributed by atoms with E-state index in [0.29, 0.717) is 25.3 Å². The van der Waals surface area contributed by atoms with Gasteiger partial charge in [0.05, 0.1) is 19.2 Å². The summed E-state index contributed by atoms with van der Waals surface area (Å²) in [5.41, 5.74) is 3.15. The largest absolute Gasteiger partial charge is 0.466 e. The summed E-state index contributed by atoms with van der Waals surface area (Å²) in [4.78, 5) is 37.8. The van der Waals surface area contributed by atoms with Gasteiger partial charge in [-0.15, -0.1) is 12.4 Å². The van der Waals surface area contributed by atoms with E-state index in [2.05, 4.69) is 22.7 Å². The second-order valence-electron chi connectivity index (χ2n) is 6.86. The monoisotopic (exact) mass is 455 g/mol. The summed E-state index contributed by atoms with van der Waals surface area (Å²) in [6, 6.07) is 5.95. The average Bonchev–Trinajstić information content (AvgIpc) is 3.10. The quantitative estimate of drug-likeness (QED) is 0.174. The second kappa shape index (κ2) is 14.2. The molecule has 0 unspecified atom stereocenters. The van der Waals surface area contributed by atoms with Gasteiger partial charge in [0, 0.05) is 18.8 Å². The summed E-state index contributed by atoms with van der Waals surface area (Å²) in [6.07, 6.45) is 4.92. The van der Waals surface area contributed by atoms with Crippen LogP contribution in [0.3, 0.4) is 0 Å². The van der Waals surface area contributed by atoms with Crippen LogP contribution >= 0.6 is 12.4 Å². The van der Waals surface area contributed by atoms with Gasteiger partial charge in [0.2, 0.25) is 5.91 Å². The molecular formula is C20H30ClN5O5. The number of urea groups is 1. The molecular weight excluding hydrogens is 426 g/mol. The molecule has 1 aliphatic rings. The fourth-order valence-electron chi connectivity index (χ4n) is 3.01. The van der Waals surface area contributed by atoms with Crippen LogP contribution in [0.25, 0.3) is 0 Å². The van der Waals surface area contributed by atoms with Crippen molar-refractivity contribution in [2.45, 2.75) is 45.1 Å². The van der Waals surface area contributed by atoms with E-state index in [4.69, 9.17) is 9.94 Å². The molecule has 1 aromatic rings. The number of hydrogen-bond acceptors (Lipinski definition) is 7. The maximum Gasteiger partial charge on any atom is 0.315 e. The van der Waals surface area contributed by atoms with Gasteiger partial charge in [-0.25, -0.2) is 4.79 Å². The number of hydrogen-bond donors (Lipinski definition) is 4. The number of amides is 3. The first-order chi connectivity index (χ1) is 14.5. The predicted octanol–water partition coefficient (Wildman–Crippen LogP) is 1.95. The number of halogens is 1. The Morgan fingerprint density at radius 2 is 2.03 bits per heavy atom. The number of esters is 1. The van der Waals surface area contributed by atoms with Crippen LogP contribution in [0.1, 0.15) is 44.6 Å². The Hall–Kier alpha value is -2.85. The topological polar surface area (TPSA) is 132 Å². The first kappa shape index (κ1) is 26.2. The highest BCUT2D eigenvalue weighted by Crippen LogP contribution is 2.21. The van der Waals surface area contributed by atoms with Crippen molar-refractivity contribution in [3.63, 3.8) is 0 Å². The Balaban J connectivity index is 0.00000480. The summed E-state index contributed by atoms with van der Waals surface area (Å²) in [7, 11) is 0. The molecule has 10 nitrogen and oxygen atoms in total. The number of nitrogens with one attached hydrogen (secondary N) is 3. The first-order valence-electron chi connectivity index (χ1n) is 10.1. The minimum absolute atomic E-state index is 0. The first-order valence-corrected chi connectivity index (χ1v) is 10.1. The van der Waals surface area contributed by atoms with E-state index in [-0.39, 0.29) is 37.2 Å². The number of carbonyl (C=O) groups excluding carboxylic acids is 3. The van der Waals surface area contributed by atoms with Crippen molar-refractivity contribution in [3.05, 3.63) is 29.8 Å². The highest BCUT2D eigenvalue weighted by Gasteiger charge is 2.33. The number of unbranched alkanes of at least 4 members (excludes halogenated alkanes) is 2. The van der Waals surface area contributed by atoms with E-state index in [1.807, 2.05) is 0 Å². The standard InChI is InChI=1S/C20H29N5O5.ClH/c1-2-3-4-13-30-18(26)9-11-21-20(28)23-17-10-12-25(19(17)27)16-7-5-15(6-8-16)14-22-24-29;/h5-8,14,17,24,29H,2-4,9-13H2,1H3,(H2,21,23,28);1H/t17-;/m0./s1. The lowest BCUT2D eigenvalue weighted by Gasteiger charge is -2.17. The van der Waals surface area contributed by atoms with E-state index in [0.717, 1.165) is 24.8 Å². The molecule has 1 atom stereocenters. The van der Waals surface area contributed by atoms with Crippen molar-refractivity contribution in [1.29, 1.82) is 0 Å². The smallest absolute Gasteiger partial charge is 0.315 e. The van der Waals surface area contributed by atoms with E-state index in [1.54, 1.807) is 34.8 Å². The lowest BCUT2D eigenvalue weighted by molar-refractivity contribution is -0.143. The SMILES string of the molecule is CCCCCOC(=O)CCNC(=O)N[C@H]1CCN(c2ccc(C=NNO)cc2)C1=O.Cl. The number of anilines is 1. The van der Waals surface area contributed by atoms with Crippen molar-refractivity contribution in [2.24, 2.45) is 5.10 Å². The van der Waals surface area contributed by atoms with Gasteiger partial charge in [0.25, 0.3) is 0 Å². The maximum atomic E-state index is 12.6. The minimum Gasteiger partial charge on any atom is -0.466 e. The van der Waals surface area contributed by atoms with Gasteiger partial charge in [-0.3, -0.25) is 14.8 Å². The van der Waals surface area contributed by atoms with Crippen LogP contribution in [-0.4, -0.2) is 55.1 Å². The van der Waals surface area contributed by atoms with Crippen molar-refractivity contribution in [3.8, 4) is 0 Å². The molecule has 1 heterocycles. The Kier molecular flexibility index (Phi) is 12.0. The Morgan fingerprint density at radius 1 is 1.29 bits per heavy atom. The normalized spacial score (nSPS) is 15.5. The van der Waals surface area contributed by atoms with Crippen LogP contribution in [0, 0.1) is 0 Å². The van der Waals surface area contributed by atoms with Crippen LogP contribution in [0.5, 0.6) is 0 Å². The summed E-state index contributed by atoms with van der Waals surface area (Å²) in [5, 5.41) is 17.2. The van der Waals surface area contributed by atoms with Crippen molar-refractivity contribution < 1.29 is 24.3 Å². The number of carbonyl (C=O) groups is 3. The molecule has 1 aliphatic heterocycles. The van der Waals surface area contributed by atoms with Crippen LogP contribution in [0.4, 0.5) is 10.5 Å². The average molecular weight is 456 g/mol. The predicted molar refractivity (Wildman–Crippen MR) is 119 cm³/mol. The number of benzene rings is 1. The second-order valence-corrected chi connectivity index (χ2v) is 6.86. The van der Waals surface area contributed by atoms with E-state index in [9.17, 15) is 14.4 Å². The Labute approximate surface area is 187 Å². The number of nitrogens with zero attached hydrogens (tertiary/aromatic N) is 2. The van der Waals surface area contributed by atoms with Crippen LogP contribution < -0.4 is 21.1 Å². The Bertz CT molecular complexity index is 744. The molecule has 0 saturated carbocycles. The third-order valence-electron chi connectivity index (χ3n) is 4.61. The van der Waals surface area contributed by atoms with Gasteiger partial charge in [0.1, 0.15) is 6.04 Å². The van der Waals surface area contributed by atoms with Gasteiger partial charge in [-0.2, -0.15) is 10.7 Å². The van der Waals surface area contributed by atoms with E-state index in [1.165, 1.54) is 6.21 Å². The number of hydrazone groups is 1. The van der Waals surface area contributed by atoms with Gasteiger partial charge in [-0.1, -0.05) is 31.9 Å². The van der Waals surface area contributed by atoms with Crippen LogP contribution in [0.2, 0.25) is 0 Å². The molecule has 0 spiro atoms. The molecule has 0 aromatic heterocycles. The van der Waals surface area contributed by atoms with Gasteiger partial charge in [0.15, 0.2) is 0 Å². The van der Waals surface area contributed by atoms with Crippen LogP contribution in [0.15, 0.2) is 29.4 Å². The van der Waals surface area contributed by atoms with Crippen molar-refractivity contribution in [2.75, 3.05) is 24.6 Å². The molecule has 172 valence electrons. The van der Waals surface area contributed by atoms with E-state index < -0.39 is 12.1 Å². The Morgan fingerprint density at radius 3 is 2.71 bits per heavy atom. The highest BCUT2D eigenvalue weighted by molar-refractivity contribution is 6.01. The zero-order valence-corrected chi connectivity index (χ0v) is 18.3. The molecule has 0 bridgehead atoms. The summed E-state index contributed by atoms with van der Waals surface area (Å²) >= 11 is 0. The molecule has 31 heavy (non-hydrogen) atoms. The minimum atomic E-state index is -0.620. The van der Waals surface area contributed by atoms with Gasteiger partial charge in [-0.05, 0) is 30.5 Å². The fourth-order valence-corrected chi connectivity index (χ4v) is 3.01. The molecule has 2 rings (SSSR count). The third kappa shape index (κ3) is 8.81. The third-order valence-corrected chi connectivity index (χ3v) is 4.61. The van der Waals surface area contributed by atoms with Crippen LogP contribution in [-0.2, 0) is 14.3 Å². The number of ether oxygens (including phenoxy) is 1. The molecule has 1 aromatic carbocycles.